The molecule has 1 saturated heterocycles. The summed E-state index contributed by atoms with van der Waals surface area (Å²) in [6.45, 7) is 4.96. The van der Waals surface area contributed by atoms with Crippen LogP contribution >= 0.6 is 0 Å². The third-order valence-corrected chi connectivity index (χ3v) is 5.68. The highest BCUT2D eigenvalue weighted by Gasteiger charge is 2.17. The van der Waals surface area contributed by atoms with E-state index in [1.54, 1.807) is 36.4 Å². The predicted octanol–water partition coefficient (Wildman–Crippen LogP) is 4.15. The van der Waals surface area contributed by atoms with Crippen LogP contribution in [0.15, 0.2) is 48.5 Å². The van der Waals surface area contributed by atoms with Gasteiger partial charge in [0.2, 0.25) is 5.95 Å². The number of carbonyl (C=O) groups is 2. The molecule has 10 heteroatoms. The molecule has 0 spiro atoms. The van der Waals surface area contributed by atoms with Gasteiger partial charge in [0.05, 0.1) is 25.9 Å². The number of rotatable bonds is 8. The van der Waals surface area contributed by atoms with Gasteiger partial charge in [-0.1, -0.05) is 13.3 Å². The van der Waals surface area contributed by atoms with Gasteiger partial charge in [-0.2, -0.15) is 9.97 Å². The fraction of sp³-hybridized carbons (Fsp3) is 0.346. The van der Waals surface area contributed by atoms with E-state index in [2.05, 4.69) is 27.2 Å². The molecule has 0 unspecified atom stereocenters. The first-order valence-electron chi connectivity index (χ1n) is 12.0. The fourth-order valence-electron chi connectivity index (χ4n) is 3.69. The average Bonchev–Trinajstić information content (AvgIpc) is 2.92. The van der Waals surface area contributed by atoms with E-state index >= 15 is 0 Å². The Bertz CT molecular complexity index is 1180. The van der Waals surface area contributed by atoms with Crippen LogP contribution in [0.5, 0.6) is 0 Å². The molecule has 36 heavy (non-hydrogen) atoms. The summed E-state index contributed by atoms with van der Waals surface area (Å²) in [5.74, 6) is 1.63. The third-order valence-electron chi connectivity index (χ3n) is 5.68. The third kappa shape index (κ3) is 6.54. The summed E-state index contributed by atoms with van der Waals surface area (Å²) in [5, 5.41) is 5.54. The van der Waals surface area contributed by atoms with Gasteiger partial charge in [0.25, 0.3) is 0 Å². The Balaban J connectivity index is 1.44. The Morgan fingerprint density at radius 3 is 2.19 bits per heavy atom. The number of esters is 1. The highest BCUT2D eigenvalue weighted by atomic mass is 16.5. The number of urea groups is 1. The minimum absolute atomic E-state index is 0.398. The summed E-state index contributed by atoms with van der Waals surface area (Å²) in [5.41, 5.74) is 2.43. The summed E-state index contributed by atoms with van der Waals surface area (Å²) in [7, 11) is 1.32. The number of unbranched alkanes of at least 4 members (excludes halogenated alkanes) is 1. The van der Waals surface area contributed by atoms with Gasteiger partial charge < -0.3 is 25.0 Å². The van der Waals surface area contributed by atoms with E-state index in [-0.39, 0.29) is 0 Å². The molecule has 0 atom stereocenters. The first-order chi connectivity index (χ1) is 17.6. The van der Waals surface area contributed by atoms with Crippen molar-refractivity contribution in [3.05, 3.63) is 59.9 Å². The maximum absolute atomic E-state index is 12.4. The number of aryl methyl sites for hydroxylation is 1. The van der Waals surface area contributed by atoms with Crippen LogP contribution in [0.2, 0.25) is 0 Å². The van der Waals surface area contributed by atoms with E-state index in [4.69, 9.17) is 19.7 Å². The van der Waals surface area contributed by atoms with Gasteiger partial charge in [0.1, 0.15) is 5.82 Å². The van der Waals surface area contributed by atoms with Crippen LogP contribution in [-0.2, 0) is 15.9 Å². The van der Waals surface area contributed by atoms with Crippen LogP contribution in [0.3, 0.4) is 0 Å². The first kappa shape index (κ1) is 25.1. The highest BCUT2D eigenvalue weighted by molar-refractivity contribution is 6.00. The van der Waals surface area contributed by atoms with E-state index in [1.165, 1.54) is 7.11 Å². The van der Waals surface area contributed by atoms with Crippen LogP contribution in [-0.4, -0.2) is 60.4 Å². The van der Waals surface area contributed by atoms with Crippen LogP contribution in [0.4, 0.5) is 22.1 Å². The zero-order valence-electron chi connectivity index (χ0n) is 20.5. The van der Waals surface area contributed by atoms with Crippen molar-refractivity contribution >= 4 is 29.3 Å². The van der Waals surface area contributed by atoms with Crippen LogP contribution in [0.1, 0.15) is 35.9 Å². The Labute approximate surface area is 210 Å². The van der Waals surface area contributed by atoms with Gasteiger partial charge in [-0.25, -0.2) is 14.6 Å². The van der Waals surface area contributed by atoms with Crippen molar-refractivity contribution in [2.75, 3.05) is 48.9 Å². The summed E-state index contributed by atoms with van der Waals surface area (Å²) >= 11 is 0. The van der Waals surface area contributed by atoms with Gasteiger partial charge in [0, 0.05) is 36.4 Å². The molecule has 1 aliphatic rings. The molecule has 2 N–H and O–H groups in total. The molecule has 0 bridgehead atoms. The summed E-state index contributed by atoms with van der Waals surface area (Å²) in [6.07, 6.45) is 2.87. The van der Waals surface area contributed by atoms with Crippen LogP contribution in [0, 0.1) is 0 Å². The molecule has 4 rings (SSSR count). The zero-order valence-corrected chi connectivity index (χ0v) is 20.5. The number of hydrogen-bond acceptors (Lipinski definition) is 8. The molecular weight excluding hydrogens is 460 g/mol. The van der Waals surface area contributed by atoms with E-state index in [1.807, 2.05) is 12.1 Å². The Hall–Kier alpha value is -4.05. The molecule has 2 heterocycles. The van der Waals surface area contributed by atoms with Gasteiger partial charge in [-0.3, -0.25) is 0 Å². The normalized spacial score (nSPS) is 13.2. The Morgan fingerprint density at radius 2 is 1.58 bits per heavy atom. The number of ether oxygens (including phenoxy) is 2. The molecule has 2 amide bonds. The van der Waals surface area contributed by atoms with Gasteiger partial charge in [-0.15, -0.1) is 0 Å². The number of aromatic nitrogens is 3. The molecule has 0 aliphatic carbocycles. The maximum Gasteiger partial charge on any atom is 0.337 e. The van der Waals surface area contributed by atoms with Crippen molar-refractivity contribution in [2.45, 2.75) is 26.2 Å². The van der Waals surface area contributed by atoms with Crippen molar-refractivity contribution in [3.8, 4) is 11.4 Å². The number of nitrogens with one attached hydrogen (secondary N) is 2. The van der Waals surface area contributed by atoms with E-state index in [9.17, 15) is 9.59 Å². The first-order valence-corrected chi connectivity index (χ1v) is 12.0. The molecule has 1 aliphatic heterocycles. The lowest BCUT2D eigenvalue weighted by Crippen LogP contribution is -2.37. The molecule has 2 aromatic carbocycles. The summed E-state index contributed by atoms with van der Waals surface area (Å²) in [4.78, 5) is 40.2. The lowest BCUT2D eigenvalue weighted by molar-refractivity contribution is 0.0600. The maximum atomic E-state index is 12.4. The quantitative estimate of drug-likeness (QED) is 0.452. The number of carbonyl (C=O) groups excluding carboxylic acids is 2. The van der Waals surface area contributed by atoms with E-state index in [0.717, 1.165) is 43.7 Å². The molecule has 10 nitrogen and oxygen atoms in total. The molecule has 0 saturated carbocycles. The molecule has 3 aromatic rings. The lowest BCUT2D eigenvalue weighted by Gasteiger charge is -2.27. The number of methoxy groups -OCH3 is 1. The highest BCUT2D eigenvalue weighted by Crippen LogP contribution is 2.22. The van der Waals surface area contributed by atoms with E-state index in [0.29, 0.717) is 41.9 Å². The SMILES string of the molecule is CCCCc1nc(-c2ccc(NC(=O)Nc3ccc(C(=O)OC)cc3)cc2)nc(N2CCOCC2)n1. The second kappa shape index (κ2) is 12.1. The minimum Gasteiger partial charge on any atom is -0.465 e. The van der Waals surface area contributed by atoms with Crippen molar-refractivity contribution in [1.82, 2.24) is 15.0 Å². The van der Waals surface area contributed by atoms with E-state index < -0.39 is 12.0 Å². The summed E-state index contributed by atoms with van der Waals surface area (Å²) in [6, 6.07) is 13.4. The van der Waals surface area contributed by atoms with Crippen LogP contribution < -0.4 is 15.5 Å². The van der Waals surface area contributed by atoms with Crippen molar-refractivity contribution in [2.24, 2.45) is 0 Å². The number of anilines is 3. The summed E-state index contributed by atoms with van der Waals surface area (Å²) < 4.78 is 10.1. The molecule has 188 valence electrons. The second-order valence-electron chi connectivity index (χ2n) is 8.30. The van der Waals surface area contributed by atoms with Crippen molar-refractivity contribution in [1.29, 1.82) is 0 Å². The van der Waals surface area contributed by atoms with Crippen molar-refractivity contribution in [3.63, 3.8) is 0 Å². The largest absolute Gasteiger partial charge is 0.465 e. The minimum atomic E-state index is -0.432. The number of benzene rings is 2. The zero-order chi connectivity index (χ0) is 25.3. The molecular formula is C26H30N6O4. The number of hydrogen-bond donors (Lipinski definition) is 2. The Kier molecular flexibility index (Phi) is 8.40. The molecule has 1 fully saturated rings. The number of amides is 2. The standard InChI is InChI=1S/C26H30N6O4/c1-3-4-5-22-29-23(31-25(30-22)32-14-16-36-17-15-32)18-6-10-20(11-7-18)27-26(34)28-21-12-8-19(9-13-21)24(33)35-2/h6-13H,3-5,14-17H2,1-2H3,(H2,27,28,34). The Morgan fingerprint density at radius 1 is 0.944 bits per heavy atom. The monoisotopic (exact) mass is 490 g/mol. The van der Waals surface area contributed by atoms with Gasteiger partial charge >= 0.3 is 12.0 Å². The van der Waals surface area contributed by atoms with Crippen LogP contribution in [0.25, 0.3) is 11.4 Å². The molecule has 0 radical (unpaired) electrons. The van der Waals surface area contributed by atoms with Gasteiger partial charge in [0.15, 0.2) is 5.82 Å². The number of nitrogens with zero attached hydrogens (tertiary/aromatic N) is 4. The van der Waals surface area contributed by atoms with Crippen molar-refractivity contribution < 1.29 is 19.1 Å². The topological polar surface area (TPSA) is 119 Å². The number of morpholine rings is 1. The smallest absolute Gasteiger partial charge is 0.337 e. The second-order valence-corrected chi connectivity index (χ2v) is 8.30. The predicted molar refractivity (Wildman–Crippen MR) is 137 cm³/mol. The average molecular weight is 491 g/mol. The van der Waals surface area contributed by atoms with Gasteiger partial charge in [-0.05, 0) is 55.0 Å². The lowest BCUT2D eigenvalue weighted by atomic mass is 10.2. The molecule has 1 aromatic heterocycles. The fourth-order valence-corrected chi connectivity index (χ4v) is 3.69.